The number of hydrogen-bond donors (Lipinski definition) is 2. The molecule has 0 saturated carbocycles. The van der Waals surface area contributed by atoms with Crippen LogP contribution in [0, 0.1) is 0 Å². The fraction of sp³-hybridized carbons (Fsp3) is 0.0833. The smallest absolute Gasteiger partial charge is 0.258 e. The summed E-state index contributed by atoms with van der Waals surface area (Å²) < 4.78 is 5.77. The minimum Gasteiger partial charge on any atom is -0.436 e. The summed E-state index contributed by atoms with van der Waals surface area (Å²) in [5, 5.41) is 3.40. The number of carbonyl (C=O) groups is 1. The van der Waals surface area contributed by atoms with E-state index in [4.69, 9.17) is 4.42 Å². The van der Waals surface area contributed by atoms with E-state index in [0.29, 0.717) is 34.7 Å². The molecule has 0 fully saturated rings. The van der Waals surface area contributed by atoms with Crippen LogP contribution >= 0.6 is 0 Å². The third-order valence-electron chi connectivity index (χ3n) is 4.96. The number of fused-ring (bicyclic) bond motifs is 2. The summed E-state index contributed by atoms with van der Waals surface area (Å²) >= 11 is 0. The average molecular weight is 410 g/mol. The van der Waals surface area contributed by atoms with Crippen LogP contribution in [-0.4, -0.2) is 20.9 Å². The van der Waals surface area contributed by atoms with E-state index in [1.165, 1.54) is 0 Å². The van der Waals surface area contributed by atoms with E-state index >= 15 is 0 Å². The molecule has 5 aromatic rings. The van der Waals surface area contributed by atoms with E-state index in [1.54, 1.807) is 30.3 Å². The first-order chi connectivity index (χ1) is 15.2. The molecule has 7 heteroatoms. The summed E-state index contributed by atoms with van der Waals surface area (Å²) in [5.74, 6) is 0.862. The molecule has 2 heterocycles. The second-order valence-corrected chi connectivity index (χ2v) is 7.14. The molecule has 0 unspecified atom stereocenters. The maximum absolute atomic E-state index is 12.3. The van der Waals surface area contributed by atoms with Crippen molar-refractivity contribution in [3.8, 4) is 11.5 Å². The van der Waals surface area contributed by atoms with Gasteiger partial charge in [-0.15, -0.1) is 0 Å². The van der Waals surface area contributed by atoms with Crippen molar-refractivity contribution in [1.82, 2.24) is 15.0 Å². The van der Waals surface area contributed by atoms with Gasteiger partial charge in [0.25, 0.3) is 5.56 Å². The van der Waals surface area contributed by atoms with Crippen LogP contribution in [0.1, 0.15) is 12.2 Å². The summed E-state index contributed by atoms with van der Waals surface area (Å²) in [6, 6.07) is 22.0. The van der Waals surface area contributed by atoms with Gasteiger partial charge in [-0.05, 0) is 48.5 Å². The Hall–Kier alpha value is -4.26. The van der Waals surface area contributed by atoms with Crippen LogP contribution in [0.5, 0.6) is 0 Å². The van der Waals surface area contributed by atoms with Gasteiger partial charge in [-0.2, -0.15) is 0 Å². The maximum Gasteiger partial charge on any atom is 0.258 e. The Balaban J connectivity index is 1.24. The zero-order chi connectivity index (χ0) is 21.2. The number of rotatable bonds is 5. The number of nitrogens with zero attached hydrogens (tertiary/aromatic N) is 2. The third kappa shape index (κ3) is 3.93. The van der Waals surface area contributed by atoms with E-state index < -0.39 is 0 Å². The van der Waals surface area contributed by atoms with Crippen LogP contribution in [-0.2, 0) is 11.2 Å². The van der Waals surface area contributed by atoms with Gasteiger partial charge in [0.1, 0.15) is 11.3 Å². The summed E-state index contributed by atoms with van der Waals surface area (Å²) in [5.41, 5.74) is 3.45. The zero-order valence-corrected chi connectivity index (χ0v) is 16.5. The molecule has 0 aliphatic carbocycles. The lowest BCUT2D eigenvalue weighted by molar-refractivity contribution is -0.116. The Bertz CT molecular complexity index is 1420. The summed E-state index contributed by atoms with van der Waals surface area (Å²) in [6.45, 7) is 0. The molecule has 0 aliphatic rings. The highest BCUT2D eigenvalue weighted by Gasteiger charge is 2.10. The van der Waals surface area contributed by atoms with E-state index in [2.05, 4.69) is 20.3 Å². The molecule has 7 nitrogen and oxygen atoms in total. The first-order valence-corrected chi connectivity index (χ1v) is 9.89. The van der Waals surface area contributed by atoms with Crippen LogP contribution in [0.25, 0.3) is 33.5 Å². The lowest BCUT2D eigenvalue weighted by Crippen LogP contribution is -2.16. The van der Waals surface area contributed by atoms with Crippen LogP contribution in [0.2, 0.25) is 0 Å². The number of aromatic amines is 1. The highest BCUT2D eigenvalue weighted by Crippen LogP contribution is 2.25. The van der Waals surface area contributed by atoms with Crippen LogP contribution in [0.15, 0.2) is 82.0 Å². The highest BCUT2D eigenvalue weighted by molar-refractivity contribution is 5.91. The number of carbonyl (C=O) groups excluding carboxylic acids is 1. The third-order valence-corrected chi connectivity index (χ3v) is 4.96. The van der Waals surface area contributed by atoms with Gasteiger partial charge in [-0.3, -0.25) is 9.59 Å². The molecule has 5 rings (SSSR count). The van der Waals surface area contributed by atoms with Crippen molar-refractivity contribution < 1.29 is 9.21 Å². The van der Waals surface area contributed by atoms with Gasteiger partial charge in [-0.25, -0.2) is 9.97 Å². The number of para-hydroxylation sites is 3. The Labute approximate surface area is 176 Å². The predicted octanol–water partition coefficient (Wildman–Crippen LogP) is 4.30. The van der Waals surface area contributed by atoms with Crippen molar-refractivity contribution in [3.05, 3.63) is 89.0 Å². The maximum atomic E-state index is 12.3. The van der Waals surface area contributed by atoms with Crippen LogP contribution in [0.3, 0.4) is 0 Å². The molecule has 0 bridgehead atoms. The molecule has 1 amide bonds. The SMILES string of the molecule is O=C(CCc1nc2ccccc2c(=O)[nH]1)Nc1ccc(-c2nc3ccccc3o2)cc1. The molecule has 3 aromatic carbocycles. The monoisotopic (exact) mass is 410 g/mol. The van der Waals surface area contributed by atoms with Gasteiger partial charge < -0.3 is 14.7 Å². The molecule has 0 aliphatic heterocycles. The number of amides is 1. The lowest BCUT2D eigenvalue weighted by atomic mass is 10.2. The van der Waals surface area contributed by atoms with Crippen molar-refractivity contribution in [2.24, 2.45) is 0 Å². The molecule has 0 atom stereocenters. The van der Waals surface area contributed by atoms with E-state index in [1.807, 2.05) is 42.5 Å². The van der Waals surface area contributed by atoms with E-state index in [9.17, 15) is 9.59 Å². The van der Waals surface area contributed by atoms with Gasteiger partial charge >= 0.3 is 0 Å². The predicted molar refractivity (Wildman–Crippen MR) is 119 cm³/mol. The van der Waals surface area contributed by atoms with Crippen molar-refractivity contribution in [2.75, 3.05) is 5.32 Å². The largest absolute Gasteiger partial charge is 0.436 e. The second-order valence-electron chi connectivity index (χ2n) is 7.14. The van der Waals surface area contributed by atoms with Gasteiger partial charge in [0, 0.05) is 24.1 Å². The number of oxazole rings is 1. The highest BCUT2D eigenvalue weighted by atomic mass is 16.3. The summed E-state index contributed by atoms with van der Waals surface area (Å²) in [6.07, 6.45) is 0.543. The molecule has 0 radical (unpaired) electrons. The van der Waals surface area contributed by atoms with Crippen molar-refractivity contribution in [2.45, 2.75) is 12.8 Å². The van der Waals surface area contributed by atoms with Gasteiger partial charge in [0.05, 0.1) is 10.9 Å². The number of aromatic nitrogens is 3. The fourth-order valence-electron chi connectivity index (χ4n) is 3.40. The number of benzene rings is 3. The Morgan fingerprint density at radius 3 is 2.45 bits per heavy atom. The van der Waals surface area contributed by atoms with E-state index in [0.717, 1.165) is 16.7 Å². The van der Waals surface area contributed by atoms with Crippen molar-refractivity contribution >= 4 is 33.6 Å². The zero-order valence-electron chi connectivity index (χ0n) is 16.5. The second kappa shape index (κ2) is 7.87. The molecular formula is C24H18N4O3. The molecule has 31 heavy (non-hydrogen) atoms. The Morgan fingerprint density at radius 2 is 1.65 bits per heavy atom. The van der Waals surface area contributed by atoms with Crippen LogP contribution in [0.4, 0.5) is 5.69 Å². The lowest BCUT2D eigenvalue weighted by Gasteiger charge is -2.06. The number of nitrogens with one attached hydrogen (secondary N) is 2. The molecule has 2 N–H and O–H groups in total. The quantitative estimate of drug-likeness (QED) is 0.450. The van der Waals surface area contributed by atoms with Gasteiger partial charge in [0.15, 0.2) is 5.58 Å². The van der Waals surface area contributed by atoms with Crippen molar-refractivity contribution in [3.63, 3.8) is 0 Å². The van der Waals surface area contributed by atoms with Crippen molar-refractivity contribution in [1.29, 1.82) is 0 Å². The topological polar surface area (TPSA) is 101 Å². The molecular weight excluding hydrogens is 392 g/mol. The number of hydrogen-bond acceptors (Lipinski definition) is 5. The van der Waals surface area contributed by atoms with Crippen LogP contribution < -0.4 is 10.9 Å². The fourth-order valence-corrected chi connectivity index (χ4v) is 3.40. The molecule has 0 spiro atoms. The standard InChI is InChI=1S/C24H18N4O3/c29-22(14-13-21-26-18-6-2-1-5-17(18)23(30)28-21)25-16-11-9-15(10-12-16)24-27-19-7-3-4-8-20(19)31-24/h1-12H,13-14H2,(H,25,29)(H,26,28,30). The average Bonchev–Trinajstić information content (AvgIpc) is 3.23. The summed E-state index contributed by atoms with van der Waals surface area (Å²) in [7, 11) is 0. The molecule has 2 aromatic heterocycles. The Morgan fingerprint density at radius 1 is 0.903 bits per heavy atom. The van der Waals surface area contributed by atoms with Gasteiger partial charge in [0.2, 0.25) is 11.8 Å². The minimum absolute atomic E-state index is 0.162. The number of H-pyrrole nitrogens is 1. The first kappa shape index (κ1) is 18.7. The van der Waals surface area contributed by atoms with Gasteiger partial charge in [-0.1, -0.05) is 24.3 Å². The summed E-state index contributed by atoms with van der Waals surface area (Å²) in [4.78, 5) is 36.1. The van der Waals surface area contributed by atoms with E-state index in [-0.39, 0.29) is 17.9 Å². The normalized spacial score (nSPS) is 11.1. The Kier molecular flexibility index (Phi) is 4.76. The first-order valence-electron chi connectivity index (χ1n) is 9.89. The number of anilines is 1. The molecule has 152 valence electrons. The minimum atomic E-state index is -0.198. The molecule has 0 saturated heterocycles. The number of aryl methyl sites for hydroxylation is 1.